The fourth-order valence-electron chi connectivity index (χ4n) is 2.05. The third-order valence-electron chi connectivity index (χ3n) is 2.93. The Labute approximate surface area is 108 Å². The van der Waals surface area contributed by atoms with Crippen LogP contribution in [0, 0.1) is 17.1 Å². The Balaban J connectivity index is 2.32. The molecule has 0 bridgehead atoms. The van der Waals surface area contributed by atoms with Crippen molar-refractivity contribution in [3.05, 3.63) is 54.1 Å². The number of halogens is 1. The summed E-state index contributed by atoms with van der Waals surface area (Å²) in [6.45, 7) is 0. The van der Waals surface area contributed by atoms with Crippen molar-refractivity contribution in [3.63, 3.8) is 0 Å². The van der Waals surface area contributed by atoms with Crippen molar-refractivity contribution in [2.45, 2.75) is 0 Å². The molecule has 2 aromatic carbocycles. The lowest BCUT2D eigenvalue weighted by atomic mass is 10.1. The minimum absolute atomic E-state index is 0.00127. The van der Waals surface area contributed by atoms with Crippen LogP contribution in [-0.4, -0.2) is 9.55 Å². The van der Waals surface area contributed by atoms with E-state index in [9.17, 15) is 4.39 Å². The van der Waals surface area contributed by atoms with Gasteiger partial charge >= 0.3 is 0 Å². The minimum Gasteiger partial charge on any atom is -0.399 e. The van der Waals surface area contributed by atoms with Crippen molar-refractivity contribution in [1.82, 2.24) is 9.55 Å². The average Bonchev–Trinajstić information content (AvgIpc) is 2.81. The van der Waals surface area contributed by atoms with Crippen LogP contribution in [0.2, 0.25) is 0 Å². The van der Waals surface area contributed by atoms with Gasteiger partial charge in [0.2, 0.25) is 0 Å². The summed E-state index contributed by atoms with van der Waals surface area (Å²) < 4.78 is 15.3. The Morgan fingerprint density at radius 1 is 1.26 bits per heavy atom. The third-order valence-corrected chi connectivity index (χ3v) is 2.93. The van der Waals surface area contributed by atoms with Gasteiger partial charge in [-0.05, 0) is 30.3 Å². The molecule has 0 aliphatic carbocycles. The average molecular weight is 252 g/mol. The Bertz CT molecular complexity index is 814. The molecule has 0 radical (unpaired) electrons. The lowest BCUT2D eigenvalue weighted by molar-refractivity contribution is 0.622. The normalized spacial score (nSPS) is 10.5. The van der Waals surface area contributed by atoms with E-state index in [1.807, 2.05) is 6.07 Å². The van der Waals surface area contributed by atoms with Crippen LogP contribution in [0.15, 0.2) is 42.7 Å². The van der Waals surface area contributed by atoms with Crippen LogP contribution in [0.3, 0.4) is 0 Å². The number of rotatable bonds is 1. The van der Waals surface area contributed by atoms with Gasteiger partial charge in [0.05, 0.1) is 16.7 Å². The molecule has 2 N–H and O–H groups in total. The van der Waals surface area contributed by atoms with E-state index in [0.29, 0.717) is 16.9 Å². The Hall–Kier alpha value is -2.87. The second-order valence-corrected chi connectivity index (χ2v) is 4.11. The van der Waals surface area contributed by atoms with Crippen molar-refractivity contribution in [2.75, 3.05) is 5.73 Å². The second-order valence-electron chi connectivity index (χ2n) is 4.11. The van der Waals surface area contributed by atoms with E-state index < -0.39 is 5.82 Å². The number of hydrogen-bond acceptors (Lipinski definition) is 3. The van der Waals surface area contributed by atoms with E-state index in [4.69, 9.17) is 11.0 Å². The monoisotopic (exact) mass is 252 g/mol. The first-order valence-electron chi connectivity index (χ1n) is 5.62. The van der Waals surface area contributed by atoms with Gasteiger partial charge in [-0.25, -0.2) is 9.37 Å². The largest absolute Gasteiger partial charge is 0.399 e. The molecule has 0 amide bonds. The number of nitriles is 1. The Kier molecular flexibility index (Phi) is 2.43. The Morgan fingerprint density at radius 2 is 2.11 bits per heavy atom. The molecule has 3 aromatic rings. The number of aromatic nitrogens is 2. The number of hydrogen-bond donors (Lipinski definition) is 1. The number of nitrogens with two attached hydrogens (primary N) is 1. The van der Waals surface area contributed by atoms with Crippen molar-refractivity contribution in [2.24, 2.45) is 0 Å². The van der Waals surface area contributed by atoms with Crippen molar-refractivity contribution >= 4 is 16.7 Å². The zero-order chi connectivity index (χ0) is 13.4. The van der Waals surface area contributed by atoms with Gasteiger partial charge in [0.1, 0.15) is 23.8 Å². The molecule has 1 aromatic heterocycles. The van der Waals surface area contributed by atoms with E-state index in [2.05, 4.69) is 4.98 Å². The van der Waals surface area contributed by atoms with Crippen molar-refractivity contribution < 1.29 is 4.39 Å². The molecule has 0 atom stereocenters. The molecular weight excluding hydrogens is 243 g/mol. The molecule has 0 aliphatic heterocycles. The van der Waals surface area contributed by atoms with Gasteiger partial charge in [-0.2, -0.15) is 5.26 Å². The predicted molar refractivity (Wildman–Crippen MR) is 70.2 cm³/mol. The van der Waals surface area contributed by atoms with Crippen LogP contribution in [0.5, 0.6) is 0 Å². The molecule has 5 heteroatoms. The summed E-state index contributed by atoms with van der Waals surface area (Å²) in [5, 5.41) is 9.07. The maximum Gasteiger partial charge on any atom is 0.143 e. The fourth-order valence-corrected chi connectivity index (χ4v) is 2.05. The van der Waals surface area contributed by atoms with E-state index in [-0.39, 0.29) is 5.56 Å². The number of anilines is 1. The lowest BCUT2D eigenvalue weighted by Crippen LogP contribution is -1.98. The third kappa shape index (κ3) is 1.70. The Morgan fingerprint density at radius 3 is 2.89 bits per heavy atom. The van der Waals surface area contributed by atoms with E-state index in [0.717, 1.165) is 5.52 Å². The molecule has 19 heavy (non-hydrogen) atoms. The first kappa shape index (κ1) is 11.2. The van der Waals surface area contributed by atoms with Crippen LogP contribution >= 0.6 is 0 Å². The molecule has 0 spiro atoms. The highest BCUT2D eigenvalue weighted by molar-refractivity contribution is 5.81. The van der Waals surface area contributed by atoms with Crippen LogP contribution in [0.4, 0.5) is 10.1 Å². The molecule has 3 rings (SSSR count). The van der Waals surface area contributed by atoms with Gasteiger partial charge in [0, 0.05) is 5.69 Å². The van der Waals surface area contributed by atoms with Gasteiger partial charge in [-0.3, -0.25) is 4.57 Å². The summed E-state index contributed by atoms with van der Waals surface area (Å²) in [6.07, 6.45) is 1.56. The zero-order valence-electron chi connectivity index (χ0n) is 9.84. The number of nitrogens with zero attached hydrogens (tertiary/aromatic N) is 3. The first-order chi connectivity index (χ1) is 9.20. The van der Waals surface area contributed by atoms with E-state index >= 15 is 0 Å². The molecule has 0 saturated carbocycles. The number of benzene rings is 2. The molecule has 0 unspecified atom stereocenters. The standard InChI is InChI=1S/C14H9FN4/c15-11-2-1-3-13(10(11)7-16)19-8-18-12-6-9(17)4-5-14(12)19/h1-6,8H,17H2. The maximum atomic E-state index is 13.6. The summed E-state index contributed by atoms with van der Waals surface area (Å²) in [4.78, 5) is 4.21. The highest BCUT2D eigenvalue weighted by atomic mass is 19.1. The second kappa shape index (κ2) is 4.10. The SMILES string of the molecule is N#Cc1c(F)cccc1-n1cnc2cc(N)ccc21. The van der Waals surface area contributed by atoms with Gasteiger partial charge in [0.25, 0.3) is 0 Å². The van der Waals surface area contributed by atoms with Crippen LogP contribution in [0.1, 0.15) is 5.56 Å². The summed E-state index contributed by atoms with van der Waals surface area (Å²) in [5.74, 6) is -0.544. The molecule has 4 nitrogen and oxygen atoms in total. The lowest BCUT2D eigenvalue weighted by Gasteiger charge is -2.07. The van der Waals surface area contributed by atoms with E-state index in [1.165, 1.54) is 6.07 Å². The zero-order valence-corrected chi connectivity index (χ0v) is 9.84. The van der Waals surface area contributed by atoms with Crippen LogP contribution < -0.4 is 5.73 Å². The fraction of sp³-hybridized carbons (Fsp3) is 0. The summed E-state index contributed by atoms with van der Waals surface area (Å²) in [7, 11) is 0. The highest BCUT2D eigenvalue weighted by Crippen LogP contribution is 2.23. The quantitative estimate of drug-likeness (QED) is 0.677. The summed E-state index contributed by atoms with van der Waals surface area (Å²) >= 11 is 0. The van der Waals surface area contributed by atoms with Gasteiger partial charge in [-0.15, -0.1) is 0 Å². The molecule has 0 aliphatic rings. The minimum atomic E-state index is -0.544. The highest BCUT2D eigenvalue weighted by Gasteiger charge is 2.12. The first-order valence-corrected chi connectivity index (χ1v) is 5.62. The summed E-state index contributed by atoms with van der Waals surface area (Å²) in [5.41, 5.74) is 8.24. The number of fused-ring (bicyclic) bond motifs is 1. The van der Waals surface area contributed by atoms with Crippen LogP contribution in [-0.2, 0) is 0 Å². The molecule has 1 heterocycles. The van der Waals surface area contributed by atoms with Crippen molar-refractivity contribution in [1.29, 1.82) is 5.26 Å². The predicted octanol–water partition coefficient (Wildman–Crippen LogP) is 2.62. The van der Waals surface area contributed by atoms with Gasteiger partial charge in [0.15, 0.2) is 0 Å². The molecule has 0 fully saturated rings. The smallest absolute Gasteiger partial charge is 0.143 e. The van der Waals surface area contributed by atoms with Crippen LogP contribution in [0.25, 0.3) is 16.7 Å². The summed E-state index contributed by atoms with van der Waals surface area (Å²) in [6, 6.07) is 11.7. The number of imidazole rings is 1. The molecule has 92 valence electrons. The van der Waals surface area contributed by atoms with Gasteiger partial charge in [-0.1, -0.05) is 6.07 Å². The maximum absolute atomic E-state index is 13.6. The molecule has 0 saturated heterocycles. The van der Waals surface area contributed by atoms with E-state index in [1.54, 1.807) is 41.2 Å². The topological polar surface area (TPSA) is 67.6 Å². The van der Waals surface area contributed by atoms with Crippen molar-refractivity contribution in [3.8, 4) is 11.8 Å². The van der Waals surface area contributed by atoms with Gasteiger partial charge < -0.3 is 5.73 Å². The molecular formula is C14H9FN4. The number of nitrogen functional groups attached to an aromatic ring is 1.